The van der Waals surface area contributed by atoms with Crippen molar-refractivity contribution in [1.29, 1.82) is 0 Å². The molecule has 1 aliphatic rings. The lowest BCUT2D eigenvalue weighted by atomic mass is 9.87. The summed E-state index contributed by atoms with van der Waals surface area (Å²) in [6.07, 6.45) is 4.08. The molecule has 3 nitrogen and oxygen atoms in total. The second-order valence-electron chi connectivity index (χ2n) is 16.2. The molecule has 8 heteroatoms. The van der Waals surface area contributed by atoms with Gasteiger partial charge in [0.2, 0.25) is 0 Å². The number of nitrogens with zero attached hydrogens (tertiary/aromatic N) is 3. The van der Waals surface area contributed by atoms with Gasteiger partial charge in [0.15, 0.2) is 0 Å². The van der Waals surface area contributed by atoms with Crippen LogP contribution in [0.25, 0.3) is 108 Å². The molecule has 0 aliphatic carbocycles. The smallest absolute Gasteiger partial charge is 0.123 e. The summed E-state index contributed by atoms with van der Waals surface area (Å²) < 4.78 is 67.3. The number of fused-ring (bicyclic) bond motifs is 10. The van der Waals surface area contributed by atoms with Crippen LogP contribution in [0.1, 0.15) is 5.56 Å². The van der Waals surface area contributed by atoms with E-state index in [0.29, 0.717) is 21.5 Å². The molecule has 304 valence electrons. The standard InChI is InChI=1S/C56H30F4IN3/c57-33-9-17-49-43(25-33)44-26-34(58)10-18-50(44)63(49)37-14-16-42-47(29-37)53(55-39-7-3-1-5-31(39)21-23-61-55)41-15-13-38(30-48(41)54(42)56-40-8-4-2-6-32(40)22-24-62-56)64-51-19-11-35(59)27-45(51)46-28-36(60)12-20-52(46)64/h1-30H. The van der Waals surface area contributed by atoms with E-state index in [1.54, 1.807) is 24.3 Å². The van der Waals surface area contributed by atoms with Gasteiger partial charge in [-0.3, -0.25) is 4.98 Å². The average molecular weight is 948 g/mol. The van der Waals surface area contributed by atoms with Crippen molar-refractivity contribution in [3.63, 3.8) is 0 Å². The van der Waals surface area contributed by atoms with Crippen LogP contribution < -0.4 is 10.4 Å². The van der Waals surface area contributed by atoms with Crippen LogP contribution in [-0.2, 0) is 0 Å². The highest BCUT2D eigenvalue weighted by atomic mass is 127. The molecular weight excluding hydrogens is 918 g/mol. The summed E-state index contributed by atoms with van der Waals surface area (Å²) in [7, 11) is 0. The molecule has 12 aromatic rings. The maximum absolute atomic E-state index is 14.9. The number of benzene rings is 9. The van der Waals surface area contributed by atoms with Crippen molar-refractivity contribution in [1.82, 2.24) is 14.1 Å². The van der Waals surface area contributed by atoms with Crippen LogP contribution in [0.4, 0.5) is 17.6 Å². The first-order valence-electron chi connectivity index (χ1n) is 20.8. The normalized spacial score (nSPS) is 12.8. The minimum absolute atomic E-state index is 0.390. The molecule has 64 heavy (non-hydrogen) atoms. The Morgan fingerprint density at radius 3 is 1.48 bits per heavy atom. The van der Waals surface area contributed by atoms with Crippen LogP contribution in [0, 0.1) is 23.3 Å². The highest BCUT2D eigenvalue weighted by Crippen LogP contribution is 2.47. The number of hydrogen-bond donors (Lipinski definition) is 0. The van der Waals surface area contributed by atoms with E-state index >= 15 is 0 Å². The fraction of sp³-hybridized carbons (Fsp3) is 0. The van der Waals surface area contributed by atoms with Gasteiger partial charge in [0.25, 0.3) is 0 Å². The van der Waals surface area contributed by atoms with E-state index in [9.17, 15) is 17.6 Å². The topological polar surface area (TPSA) is 22.8 Å². The molecule has 0 fully saturated rings. The third-order valence-electron chi connectivity index (χ3n) is 12.7. The number of pyridine rings is 1. The van der Waals surface area contributed by atoms with Gasteiger partial charge in [0, 0.05) is 59.2 Å². The second kappa shape index (κ2) is 14.0. The molecule has 0 bridgehead atoms. The molecule has 0 amide bonds. The maximum Gasteiger partial charge on any atom is 0.123 e. The van der Waals surface area contributed by atoms with Crippen molar-refractivity contribution in [3.05, 3.63) is 209 Å². The number of rotatable bonds is 4. The minimum atomic E-state index is -0.628. The SMILES string of the molecule is Fc1ccc2c(c1)c1cc(F)ccc1n2-c1ccc2c(-c3nccc4ccccc34)c3cc(-n4c5ccc(F)cc5c5cc(F)ccc54)ccc3c(C3=c4ccccc4=CC=I3)c2c1. The molecule has 3 aromatic heterocycles. The van der Waals surface area contributed by atoms with Crippen LogP contribution in [0.15, 0.2) is 170 Å². The summed E-state index contributed by atoms with van der Waals surface area (Å²) in [5, 5.41) is 10.9. The zero-order valence-electron chi connectivity index (χ0n) is 33.6. The Balaban J connectivity index is 1.22. The number of aromatic nitrogens is 3. The summed E-state index contributed by atoms with van der Waals surface area (Å²) in [5.74, 6) is -1.56. The zero-order chi connectivity index (χ0) is 42.8. The Kier molecular flexibility index (Phi) is 8.15. The predicted octanol–water partition coefficient (Wildman–Crippen LogP) is 13.7. The Labute approximate surface area is 371 Å². The van der Waals surface area contributed by atoms with Crippen LogP contribution in [0.2, 0.25) is 0 Å². The van der Waals surface area contributed by atoms with E-state index in [0.717, 1.165) is 87.8 Å². The highest BCUT2D eigenvalue weighted by Gasteiger charge is 2.24. The first-order chi connectivity index (χ1) is 31.4. The van der Waals surface area contributed by atoms with E-state index in [1.165, 1.54) is 57.3 Å². The maximum atomic E-state index is 14.9. The minimum Gasteiger partial charge on any atom is -0.309 e. The van der Waals surface area contributed by atoms with Gasteiger partial charge in [0.1, 0.15) is 23.3 Å². The summed E-state index contributed by atoms with van der Waals surface area (Å²) in [6, 6.07) is 50.5. The van der Waals surface area contributed by atoms with E-state index in [2.05, 4.69) is 92.0 Å². The Morgan fingerprint density at radius 1 is 0.406 bits per heavy atom. The molecule has 9 aromatic carbocycles. The molecule has 1 aliphatic heterocycles. The molecule has 4 heterocycles. The molecule has 0 saturated carbocycles. The third kappa shape index (κ3) is 5.51. The molecule has 13 rings (SSSR count). The van der Waals surface area contributed by atoms with Gasteiger partial charge in [-0.2, -0.15) is 0 Å². The molecule has 0 spiro atoms. The van der Waals surface area contributed by atoms with Crippen molar-refractivity contribution >= 4 is 110 Å². The van der Waals surface area contributed by atoms with E-state index in [1.807, 2.05) is 24.4 Å². The summed E-state index contributed by atoms with van der Waals surface area (Å²) in [5.41, 5.74) is 7.61. The van der Waals surface area contributed by atoms with E-state index < -0.39 is 32.4 Å². The molecule has 0 N–H and O–H groups in total. The zero-order valence-corrected chi connectivity index (χ0v) is 35.7. The highest BCUT2D eigenvalue weighted by molar-refractivity contribution is 14.2. The third-order valence-corrected chi connectivity index (χ3v) is 15.2. The van der Waals surface area contributed by atoms with Gasteiger partial charge in [-0.15, -0.1) is 0 Å². The first kappa shape index (κ1) is 37.2. The van der Waals surface area contributed by atoms with Crippen molar-refractivity contribution in [3.8, 4) is 22.6 Å². The molecule has 0 unspecified atom stereocenters. The summed E-state index contributed by atoms with van der Waals surface area (Å²) in [4.78, 5) is 5.16. The molecule has 0 saturated heterocycles. The monoisotopic (exact) mass is 947 g/mol. The van der Waals surface area contributed by atoms with Crippen LogP contribution in [0.3, 0.4) is 0 Å². The Morgan fingerprint density at radius 2 is 0.906 bits per heavy atom. The average Bonchev–Trinajstić information content (AvgIpc) is 3.81. The lowest BCUT2D eigenvalue weighted by Crippen LogP contribution is -2.27. The fourth-order valence-corrected chi connectivity index (χ4v) is 12.7. The van der Waals surface area contributed by atoms with Crippen LogP contribution >= 0.6 is 20.7 Å². The summed E-state index contributed by atoms with van der Waals surface area (Å²) >= 11 is -0.628. The van der Waals surface area contributed by atoms with Gasteiger partial charge in [0.05, 0.1) is 27.8 Å². The quantitative estimate of drug-likeness (QED) is 0.0979. The molecule has 0 radical (unpaired) electrons. The van der Waals surface area contributed by atoms with E-state index in [4.69, 9.17) is 4.98 Å². The second-order valence-corrected chi connectivity index (χ2v) is 18.6. The van der Waals surface area contributed by atoms with Crippen LogP contribution in [0.5, 0.6) is 0 Å². The predicted molar refractivity (Wildman–Crippen MR) is 263 cm³/mol. The van der Waals surface area contributed by atoms with Gasteiger partial charge in [-0.25, -0.2) is 17.6 Å². The molecular formula is C56H30F4IN3. The van der Waals surface area contributed by atoms with E-state index in [-0.39, 0.29) is 11.6 Å². The van der Waals surface area contributed by atoms with Crippen molar-refractivity contribution in [2.45, 2.75) is 0 Å². The largest absolute Gasteiger partial charge is 0.309 e. The van der Waals surface area contributed by atoms with Crippen molar-refractivity contribution in [2.24, 2.45) is 0 Å². The van der Waals surface area contributed by atoms with Gasteiger partial charge >= 0.3 is 0 Å². The summed E-state index contributed by atoms with van der Waals surface area (Å²) in [6.45, 7) is 0. The Hall–Kier alpha value is -7.43. The number of hydrogen-bond acceptors (Lipinski definition) is 1. The number of halogens is 5. The Bertz CT molecular complexity index is 4080. The van der Waals surface area contributed by atoms with Crippen molar-refractivity contribution in [2.75, 3.05) is 0 Å². The van der Waals surface area contributed by atoms with Gasteiger partial charge < -0.3 is 9.13 Å². The van der Waals surface area contributed by atoms with Gasteiger partial charge in [-0.1, -0.05) is 81.4 Å². The fourth-order valence-electron chi connectivity index (χ4n) is 10.0. The first-order valence-corrected chi connectivity index (χ1v) is 23.1. The lowest BCUT2D eigenvalue weighted by molar-refractivity contribution is 0.628. The van der Waals surface area contributed by atoms with Crippen molar-refractivity contribution < 1.29 is 17.6 Å². The van der Waals surface area contributed by atoms with Gasteiger partial charge in [-0.05, 0) is 151 Å². The van der Waals surface area contributed by atoms with Crippen LogP contribution in [-0.4, -0.2) is 18.1 Å². The lowest BCUT2D eigenvalue weighted by Gasteiger charge is -2.21. The molecule has 0 atom stereocenters.